The lowest BCUT2D eigenvalue weighted by molar-refractivity contribution is -0.146. The molecule has 0 bridgehead atoms. The van der Waals surface area contributed by atoms with Gasteiger partial charge in [0.2, 0.25) is 0 Å². The number of carbonyl (C=O) groups is 1. The monoisotopic (exact) mass is 254 g/mol. The highest BCUT2D eigenvalue weighted by Gasteiger charge is 2.48. The van der Waals surface area contributed by atoms with E-state index in [2.05, 4.69) is 17.3 Å². The van der Waals surface area contributed by atoms with Crippen molar-refractivity contribution in [2.45, 2.75) is 57.0 Å². The van der Waals surface area contributed by atoms with Crippen LogP contribution in [0.3, 0.4) is 0 Å². The molecule has 4 heteroatoms. The van der Waals surface area contributed by atoms with E-state index in [4.69, 9.17) is 0 Å². The van der Waals surface area contributed by atoms with Gasteiger partial charge in [0.1, 0.15) is 5.54 Å². The number of nitrogens with one attached hydrogen (secondary N) is 1. The van der Waals surface area contributed by atoms with Crippen LogP contribution in [0.2, 0.25) is 0 Å². The smallest absolute Gasteiger partial charge is 0.324 e. The van der Waals surface area contributed by atoms with Crippen LogP contribution in [0.25, 0.3) is 0 Å². The third-order valence-corrected chi connectivity index (χ3v) is 4.69. The summed E-state index contributed by atoms with van der Waals surface area (Å²) in [6.45, 7) is 3.77. The van der Waals surface area contributed by atoms with Gasteiger partial charge in [-0.1, -0.05) is 13.3 Å². The van der Waals surface area contributed by atoms with Crippen molar-refractivity contribution in [2.24, 2.45) is 5.92 Å². The molecule has 2 N–H and O–H groups in total. The van der Waals surface area contributed by atoms with E-state index in [0.717, 1.165) is 44.8 Å². The fourth-order valence-corrected chi connectivity index (χ4v) is 3.43. The van der Waals surface area contributed by atoms with Crippen molar-refractivity contribution >= 4 is 5.97 Å². The maximum Gasteiger partial charge on any atom is 0.324 e. The van der Waals surface area contributed by atoms with E-state index in [9.17, 15) is 9.90 Å². The van der Waals surface area contributed by atoms with E-state index in [1.54, 1.807) is 0 Å². The Balaban J connectivity index is 1.93. The van der Waals surface area contributed by atoms with Gasteiger partial charge < -0.3 is 15.3 Å². The molecule has 4 nitrogen and oxygen atoms in total. The second-order valence-electron chi connectivity index (χ2n) is 5.90. The Labute approximate surface area is 110 Å². The molecular formula is C14H26N2O2. The number of aliphatic carboxylic acids is 1. The predicted octanol–water partition coefficient (Wildman–Crippen LogP) is 1.70. The number of rotatable bonds is 7. The molecule has 2 atom stereocenters. The zero-order chi connectivity index (χ0) is 13.2. The minimum absolute atomic E-state index is 0.288. The number of likely N-dealkylation sites (N-methyl/N-ethyl adjacent to an activating group) is 1. The van der Waals surface area contributed by atoms with Gasteiger partial charge in [-0.15, -0.1) is 0 Å². The zero-order valence-corrected chi connectivity index (χ0v) is 11.6. The second-order valence-corrected chi connectivity index (χ2v) is 5.90. The molecule has 0 aromatic carbocycles. The summed E-state index contributed by atoms with van der Waals surface area (Å²) >= 11 is 0. The van der Waals surface area contributed by atoms with Crippen molar-refractivity contribution in [2.75, 3.05) is 20.1 Å². The SMILES string of the molecule is CCNC1(C(=O)O)CCCC1CCN(C)C1CC1. The Morgan fingerprint density at radius 3 is 2.72 bits per heavy atom. The van der Waals surface area contributed by atoms with Crippen LogP contribution >= 0.6 is 0 Å². The third-order valence-electron chi connectivity index (χ3n) is 4.69. The normalized spacial score (nSPS) is 32.1. The van der Waals surface area contributed by atoms with Crippen LogP contribution in [0.4, 0.5) is 0 Å². The molecule has 0 aliphatic heterocycles. The molecular weight excluding hydrogens is 228 g/mol. The van der Waals surface area contributed by atoms with Crippen LogP contribution in [0.5, 0.6) is 0 Å². The lowest BCUT2D eigenvalue weighted by Gasteiger charge is -2.33. The first kappa shape index (κ1) is 13.8. The second kappa shape index (κ2) is 5.57. The first-order valence-corrected chi connectivity index (χ1v) is 7.29. The zero-order valence-electron chi connectivity index (χ0n) is 11.6. The van der Waals surface area contributed by atoms with Crippen molar-refractivity contribution in [1.82, 2.24) is 10.2 Å². The van der Waals surface area contributed by atoms with E-state index in [1.165, 1.54) is 12.8 Å². The quantitative estimate of drug-likeness (QED) is 0.726. The highest BCUT2D eigenvalue weighted by atomic mass is 16.4. The lowest BCUT2D eigenvalue weighted by Crippen LogP contribution is -2.55. The Morgan fingerprint density at radius 2 is 2.17 bits per heavy atom. The average Bonchev–Trinajstić information content (AvgIpc) is 3.10. The van der Waals surface area contributed by atoms with Crippen LogP contribution < -0.4 is 5.32 Å². The van der Waals surface area contributed by atoms with Crippen molar-refractivity contribution in [3.8, 4) is 0 Å². The van der Waals surface area contributed by atoms with Crippen molar-refractivity contribution in [3.05, 3.63) is 0 Å². The minimum Gasteiger partial charge on any atom is -0.480 e. The molecule has 0 saturated heterocycles. The molecule has 2 fully saturated rings. The van der Waals surface area contributed by atoms with Crippen molar-refractivity contribution in [1.29, 1.82) is 0 Å². The maximum atomic E-state index is 11.6. The topological polar surface area (TPSA) is 52.6 Å². The molecule has 0 aromatic heterocycles. The van der Waals surface area contributed by atoms with E-state index in [-0.39, 0.29) is 5.92 Å². The van der Waals surface area contributed by atoms with Crippen LogP contribution in [-0.4, -0.2) is 47.7 Å². The van der Waals surface area contributed by atoms with Gasteiger partial charge in [0.15, 0.2) is 0 Å². The van der Waals surface area contributed by atoms with Gasteiger partial charge in [-0.05, 0) is 58.2 Å². The predicted molar refractivity (Wildman–Crippen MR) is 71.7 cm³/mol. The van der Waals surface area contributed by atoms with E-state index in [0.29, 0.717) is 0 Å². The van der Waals surface area contributed by atoms with Gasteiger partial charge in [-0.2, -0.15) is 0 Å². The van der Waals surface area contributed by atoms with Gasteiger partial charge in [0, 0.05) is 6.04 Å². The van der Waals surface area contributed by atoms with Crippen LogP contribution in [-0.2, 0) is 4.79 Å². The standard InChI is InChI=1S/C14H26N2O2/c1-3-15-14(13(17)18)9-4-5-11(14)8-10-16(2)12-6-7-12/h11-12,15H,3-10H2,1-2H3,(H,17,18). The summed E-state index contributed by atoms with van der Waals surface area (Å²) in [5.41, 5.74) is -0.654. The molecule has 2 aliphatic rings. The molecule has 0 spiro atoms. The lowest BCUT2D eigenvalue weighted by atomic mass is 9.84. The maximum absolute atomic E-state index is 11.6. The number of carboxylic acid groups (broad SMARTS) is 1. The van der Waals surface area contributed by atoms with Gasteiger partial charge >= 0.3 is 5.97 Å². The average molecular weight is 254 g/mol. The van der Waals surface area contributed by atoms with E-state index in [1.807, 2.05) is 6.92 Å². The molecule has 2 rings (SSSR count). The molecule has 104 valence electrons. The number of carboxylic acids is 1. The number of hydrogen-bond acceptors (Lipinski definition) is 3. The summed E-state index contributed by atoms with van der Waals surface area (Å²) in [5.74, 6) is -0.364. The first-order chi connectivity index (χ1) is 8.60. The molecule has 2 saturated carbocycles. The highest BCUT2D eigenvalue weighted by molar-refractivity contribution is 5.79. The molecule has 2 aliphatic carbocycles. The van der Waals surface area contributed by atoms with Crippen LogP contribution in [0, 0.1) is 5.92 Å². The highest BCUT2D eigenvalue weighted by Crippen LogP contribution is 2.39. The summed E-state index contributed by atoms with van der Waals surface area (Å²) in [7, 11) is 2.17. The van der Waals surface area contributed by atoms with Gasteiger partial charge in [-0.25, -0.2) is 0 Å². The molecule has 2 unspecified atom stereocenters. The Morgan fingerprint density at radius 1 is 1.44 bits per heavy atom. The van der Waals surface area contributed by atoms with Crippen molar-refractivity contribution in [3.63, 3.8) is 0 Å². The van der Waals surface area contributed by atoms with E-state index >= 15 is 0 Å². The fourth-order valence-electron chi connectivity index (χ4n) is 3.43. The summed E-state index contributed by atoms with van der Waals surface area (Å²) in [6.07, 6.45) is 6.52. The van der Waals surface area contributed by atoms with Gasteiger partial charge in [0.25, 0.3) is 0 Å². The first-order valence-electron chi connectivity index (χ1n) is 7.29. The molecule has 18 heavy (non-hydrogen) atoms. The Bertz CT molecular complexity index is 304. The van der Waals surface area contributed by atoms with E-state index < -0.39 is 11.5 Å². The Hall–Kier alpha value is -0.610. The molecule has 0 amide bonds. The number of hydrogen-bond donors (Lipinski definition) is 2. The minimum atomic E-state index is -0.654. The van der Waals surface area contributed by atoms with Crippen molar-refractivity contribution < 1.29 is 9.90 Å². The molecule has 0 radical (unpaired) electrons. The summed E-state index contributed by atoms with van der Waals surface area (Å²) < 4.78 is 0. The number of nitrogens with zero attached hydrogens (tertiary/aromatic N) is 1. The summed E-state index contributed by atoms with van der Waals surface area (Å²) in [6, 6.07) is 0.768. The largest absolute Gasteiger partial charge is 0.480 e. The Kier molecular flexibility index (Phi) is 4.28. The molecule has 0 heterocycles. The molecule has 0 aromatic rings. The van der Waals surface area contributed by atoms with Crippen LogP contribution in [0.1, 0.15) is 45.4 Å². The fraction of sp³-hybridized carbons (Fsp3) is 0.929. The summed E-state index contributed by atoms with van der Waals surface area (Å²) in [4.78, 5) is 14.0. The van der Waals surface area contributed by atoms with Gasteiger partial charge in [0.05, 0.1) is 0 Å². The van der Waals surface area contributed by atoms with Crippen LogP contribution in [0.15, 0.2) is 0 Å². The summed E-state index contributed by atoms with van der Waals surface area (Å²) in [5, 5.41) is 12.8. The van der Waals surface area contributed by atoms with Gasteiger partial charge in [-0.3, -0.25) is 4.79 Å². The third kappa shape index (κ3) is 2.69.